The highest BCUT2D eigenvalue weighted by Gasteiger charge is 2.40. The Hall–Kier alpha value is -4.12. The van der Waals surface area contributed by atoms with Crippen molar-refractivity contribution in [3.63, 3.8) is 0 Å². The van der Waals surface area contributed by atoms with Gasteiger partial charge < -0.3 is 10.5 Å². The first kappa shape index (κ1) is 19.8. The summed E-state index contributed by atoms with van der Waals surface area (Å²) in [5.41, 5.74) is 9.96. The molecule has 1 aliphatic heterocycles. The third-order valence-electron chi connectivity index (χ3n) is 5.91. The van der Waals surface area contributed by atoms with E-state index in [9.17, 15) is 10.1 Å². The molecule has 0 fully saturated rings. The summed E-state index contributed by atoms with van der Waals surface area (Å²) in [4.78, 5) is 13.0. The quantitative estimate of drug-likeness (QED) is 0.683. The smallest absolute Gasteiger partial charge is 0.205 e. The molecule has 1 aliphatic carbocycles. The highest BCUT2D eigenvalue weighted by atomic mass is 16.5. The number of Topliss-reactive ketones (excluding diaryl/α,β-unsaturated/α-hetero) is 1. The van der Waals surface area contributed by atoms with E-state index < -0.39 is 5.92 Å². The summed E-state index contributed by atoms with van der Waals surface area (Å²) in [6.45, 7) is 2.73. The Morgan fingerprint density at radius 2 is 2.06 bits per heavy atom. The summed E-state index contributed by atoms with van der Waals surface area (Å²) < 4.78 is 9.31. The number of carbonyl (C=O) groups is 1. The minimum absolute atomic E-state index is 0.0147. The summed E-state index contributed by atoms with van der Waals surface area (Å²) in [6.07, 6.45) is 7.29. The van der Waals surface area contributed by atoms with Crippen LogP contribution in [0.4, 0.5) is 0 Å². The fourth-order valence-electron chi connectivity index (χ4n) is 4.36. The number of nitrogens with two attached hydrogens (primary N) is 1. The second-order valence-electron chi connectivity index (χ2n) is 7.84. The molecular formula is C24H22N6O2. The van der Waals surface area contributed by atoms with Crippen molar-refractivity contribution in [2.24, 2.45) is 5.73 Å². The van der Waals surface area contributed by atoms with Crippen LogP contribution in [-0.4, -0.2) is 25.3 Å². The van der Waals surface area contributed by atoms with Crippen molar-refractivity contribution in [2.45, 2.75) is 38.6 Å². The average Bonchev–Trinajstić information content (AvgIpc) is 3.46. The van der Waals surface area contributed by atoms with Crippen LogP contribution in [0.15, 0.2) is 71.7 Å². The van der Waals surface area contributed by atoms with E-state index in [2.05, 4.69) is 11.2 Å². The van der Waals surface area contributed by atoms with Crippen LogP contribution in [0.1, 0.15) is 37.7 Å². The molecule has 8 nitrogen and oxygen atoms in total. The first-order valence-electron chi connectivity index (χ1n) is 10.6. The van der Waals surface area contributed by atoms with E-state index in [0.29, 0.717) is 36.3 Å². The minimum Gasteiger partial charge on any atom is -0.444 e. The Balaban J connectivity index is 1.76. The number of aryl methyl sites for hydroxylation is 1. The summed E-state index contributed by atoms with van der Waals surface area (Å²) in [5.74, 6) is -0.0350. The van der Waals surface area contributed by atoms with E-state index in [1.165, 1.54) is 0 Å². The van der Waals surface area contributed by atoms with Gasteiger partial charge in [0.1, 0.15) is 23.1 Å². The van der Waals surface area contributed by atoms with Crippen LogP contribution >= 0.6 is 0 Å². The lowest BCUT2D eigenvalue weighted by Gasteiger charge is -2.30. The van der Waals surface area contributed by atoms with Gasteiger partial charge in [-0.2, -0.15) is 15.5 Å². The Labute approximate surface area is 185 Å². The predicted octanol–water partition coefficient (Wildman–Crippen LogP) is 3.57. The number of hydrogen-bond acceptors (Lipinski definition) is 6. The minimum atomic E-state index is -0.631. The zero-order valence-corrected chi connectivity index (χ0v) is 17.7. The molecule has 0 bridgehead atoms. The highest BCUT2D eigenvalue weighted by Crippen LogP contribution is 2.45. The number of ether oxygens (including phenoxy) is 1. The topological polar surface area (TPSA) is 112 Å². The molecule has 0 saturated heterocycles. The van der Waals surface area contributed by atoms with Gasteiger partial charge >= 0.3 is 0 Å². The molecule has 0 radical (unpaired) electrons. The van der Waals surface area contributed by atoms with Crippen LogP contribution in [0.25, 0.3) is 16.9 Å². The van der Waals surface area contributed by atoms with E-state index in [-0.39, 0.29) is 17.2 Å². The first-order chi connectivity index (χ1) is 15.6. The van der Waals surface area contributed by atoms with Crippen molar-refractivity contribution in [2.75, 3.05) is 0 Å². The second-order valence-corrected chi connectivity index (χ2v) is 7.84. The van der Waals surface area contributed by atoms with Crippen molar-refractivity contribution in [3.8, 4) is 23.0 Å². The van der Waals surface area contributed by atoms with Crippen molar-refractivity contribution < 1.29 is 9.53 Å². The lowest BCUT2D eigenvalue weighted by molar-refractivity contribution is -0.116. The molecule has 3 heterocycles. The van der Waals surface area contributed by atoms with E-state index in [4.69, 9.17) is 15.6 Å². The zero-order valence-electron chi connectivity index (χ0n) is 17.7. The number of rotatable bonds is 4. The average molecular weight is 426 g/mol. The molecule has 1 atom stereocenters. The van der Waals surface area contributed by atoms with Gasteiger partial charge in [0, 0.05) is 48.5 Å². The number of para-hydroxylation sites is 1. The normalized spacial score (nSPS) is 18.4. The van der Waals surface area contributed by atoms with Crippen molar-refractivity contribution in [3.05, 3.63) is 77.3 Å². The number of carbonyl (C=O) groups excluding carboxylic acids is 1. The standard InChI is InChI=1S/C24H22N6O2/c1-2-29-13-15(12-27-29)23-18(14-30(28-23)16-7-4-3-5-8-16)21-17(11-25)24(26)32-20-10-6-9-19(31)22(20)21/h3-5,7-8,12-14,21H,2,6,9-10,26H2,1H3. The van der Waals surface area contributed by atoms with Gasteiger partial charge in [0.2, 0.25) is 5.88 Å². The fraction of sp³-hybridized carbons (Fsp3) is 0.250. The van der Waals surface area contributed by atoms with Crippen LogP contribution in [0.5, 0.6) is 0 Å². The molecular weight excluding hydrogens is 404 g/mol. The molecule has 1 unspecified atom stereocenters. The molecule has 0 saturated carbocycles. The number of benzene rings is 1. The number of ketones is 1. The van der Waals surface area contributed by atoms with Gasteiger partial charge in [0.15, 0.2) is 5.78 Å². The number of aromatic nitrogens is 4. The van der Waals surface area contributed by atoms with E-state index in [1.54, 1.807) is 10.9 Å². The molecule has 0 spiro atoms. The summed E-state index contributed by atoms with van der Waals surface area (Å²) in [7, 11) is 0. The molecule has 3 aromatic rings. The number of allylic oxidation sites excluding steroid dienone is 3. The summed E-state index contributed by atoms with van der Waals surface area (Å²) in [5, 5.41) is 19.2. The third kappa shape index (κ3) is 3.19. The largest absolute Gasteiger partial charge is 0.444 e. The fourth-order valence-corrected chi connectivity index (χ4v) is 4.36. The SMILES string of the molecule is CCn1cc(-c2nn(-c3ccccc3)cc2C2C(C#N)=C(N)OC3=C2C(=O)CCC3)cn1. The number of nitrogens with zero attached hydrogens (tertiary/aromatic N) is 5. The molecule has 8 heteroatoms. The molecule has 0 amide bonds. The van der Waals surface area contributed by atoms with Crippen LogP contribution in [0, 0.1) is 11.3 Å². The zero-order chi connectivity index (χ0) is 22.2. The lowest BCUT2D eigenvalue weighted by atomic mass is 9.77. The molecule has 2 N–H and O–H groups in total. The van der Waals surface area contributed by atoms with Crippen molar-refractivity contribution in [1.82, 2.24) is 19.6 Å². The third-order valence-corrected chi connectivity index (χ3v) is 5.91. The van der Waals surface area contributed by atoms with Gasteiger partial charge in [-0.15, -0.1) is 0 Å². The Morgan fingerprint density at radius 1 is 1.25 bits per heavy atom. The monoisotopic (exact) mass is 426 g/mol. The number of nitriles is 1. The Bertz CT molecular complexity index is 1310. The van der Waals surface area contributed by atoms with Gasteiger partial charge in [-0.1, -0.05) is 18.2 Å². The van der Waals surface area contributed by atoms with Crippen molar-refractivity contribution in [1.29, 1.82) is 5.26 Å². The van der Waals surface area contributed by atoms with Crippen LogP contribution in [0.3, 0.4) is 0 Å². The summed E-state index contributed by atoms with van der Waals surface area (Å²) >= 11 is 0. The predicted molar refractivity (Wildman–Crippen MR) is 117 cm³/mol. The van der Waals surface area contributed by atoms with E-state index in [0.717, 1.165) is 23.4 Å². The van der Waals surface area contributed by atoms with Crippen LogP contribution < -0.4 is 5.73 Å². The maximum atomic E-state index is 13.0. The van der Waals surface area contributed by atoms with E-state index in [1.807, 2.05) is 54.3 Å². The Morgan fingerprint density at radius 3 is 2.78 bits per heavy atom. The maximum absolute atomic E-state index is 13.0. The molecule has 160 valence electrons. The molecule has 1 aromatic carbocycles. The van der Waals surface area contributed by atoms with Crippen molar-refractivity contribution >= 4 is 5.78 Å². The lowest BCUT2D eigenvalue weighted by Crippen LogP contribution is -2.27. The van der Waals surface area contributed by atoms with Gasteiger partial charge in [-0.25, -0.2) is 4.68 Å². The van der Waals surface area contributed by atoms with Crippen LogP contribution in [0.2, 0.25) is 0 Å². The number of hydrogen-bond donors (Lipinski definition) is 1. The molecule has 5 rings (SSSR count). The van der Waals surface area contributed by atoms with Gasteiger partial charge in [0.05, 0.1) is 17.8 Å². The molecule has 2 aromatic heterocycles. The van der Waals surface area contributed by atoms with E-state index >= 15 is 0 Å². The van der Waals surface area contributed by atoms with Gasteiger partial charge in [0.25, 0.3) is 0 Å². The first-order valence-corrected chi connectivity index (χ1v) is 10.6. The second kappa shape index (κ2) is 7.85. The maximum Gasteiger partial charge on any atom is 0.205 e. The summed E-state index contributed by atoms with van der Waals surface area (Å²) in [6, 6.07) is 11.9. The molecule has 2 aliphatic rings. The Kier molecular flexibility index (Phi) is 4.86. The molecule has 32 heavy (non-hydrogen) atoms. The van der Waals surface area contributed by atoms with Crippen LogP contribution in [-0.2, 0) is 16.1 Å². The van der Waals surface area contributed by atoms with Gasteiger partial charge in [-0.05, 0) is 25.5 Å². The van der Waals surface area contributed by atoms with Gasteiger partial charge in [-0.3, -0.25) is 9.48 Å². The highest BCUT2D eigenvalue weighted by molar-refractivity contribution is 5.99.